The van der Waals surface area contributed by atoms with Crippen LogP contribution in [0.5, 0.6) is 11.5 Å². The van der Waals surface area contributed by atoms with E-state index in [9.17, 15) is 77.2 Å². The molecule has 0 bridgehead atoms. The number of carboxylic acids is 1. The van der Waals surface area contributed by atoms with Crippen LogP contribution in [0.3, 0.4) is 0 Å². The molecule has 2 unspecified atom stereocenters. The first-order chi connectivity index (χ1) is 41.9. The van der Waals surface area contributed by atoms with Crippen LogP contribution in [-0.4, -0.2) is 149 Å². The zero-order valence-electron chi connectivity index (χ0n) is 52.0. The minimum Gasteiger partial charge on any atom is -0.508 e. The molecule has 0 radical (unpaired) electrons. The number of fused-ring (bicyclic) bond motifs is 10. The van der Waals surface area contributed by atoms with Crippen molar-refractivity contribution in [2.45, 2.75) is 216 Å². The van der Waals surface area contributed by atoms with Crippen molar-refractivity contribution in [3.8, 4) is 11.5 Å². The molecular formula is C66H95F10IN2O9S2. The number of carbonyl (C=O) groups is 2. The van der Waals surface area contributed by atoms with Crippen molar-refractivity contribution >= 4 is 57.5 Å². The number of carbonyl (C=O) groups excluding carboxylic acids is 1. The first kappa shape index (κ1) is 74.7. The van der Waals surface area contributed by atoms with Gasteiger partial charge in [-0.15, -0.1) is 24.0 Å². The summed E-state index contributed by atoms with van der Waals surface area (Å²) in [6.45, 7) is 8.64. The van der Waals surface area contributed by atoms with Gasteiger partial charge < -0.3 is 25.2 Å². The summed E-state index contributed by atoms with van der Waals surface area (Å²) in [7, 11) is -2.92. The highest BCUT2D eigenvalue weighted by atomic mass is 127. The Morgan fingerprint density at radius 2 is 0.989 bits per heavy atom. The SMILES string of the molecule is C[C@]12CC[C@@H]3c4ccc(O)cc4C[C@@H](CCCS(=O)CCCC(F)(F)C(F)(F)F)[C@H]3[C@@H]1CC[C@@H]2O.C[C@]12CC[C@@H]3c4ccc(OC(=O)CN5CCCCC5)cc4C[C@@H](CCCS(=O)CCCC(F)(F)C(F)(F)F)[C@H]3[C@@H]1CC[C@@H]2O.I.O=C(O)CN1CCCCC1. The largest absolute Gasteiger partial charge is 0.508 e. The van der Waals surface area contributed by atoms with Crippen molar-refractivity contribution in [3.05, 3.63) is 58.7 Å². The van der Waals surface area contributed by atoms with E-state index >= 15 is 0 Å². The molecule has 14 atom stereocenters. The number of esters is 1. The normalized spacial score (nSPS) is 30.8. The fraction of sp³-hybridized carbons (Fsp3) is 0.788. The minimum atomic E-state index is -5.59. The second-order valence-corrected chi connectivity index (χ2v) is 31.1. The van der Waals surface area contributed by atoms with Crippen LogP contribution in [-0.2, 0) is 44.0 Å². The van der Waals surface area contributed by atoms with Crippen LogP contribution >= 0.6 is 24.0 Å². The Hall–Kier alpha value is -2.65. The second kappa shape index (κ2) is 31.9. The molecule has 90 heavy (non-hydrogen) atoms. The number of carboxylic acid groups (broad SMARTS) is 1. The number of benzene rings is 2. The summed E-state index contributed by atoms with van der Waals surface area (Å²) >= 11 is 0. The molecule has 4 N–H and O–H groups in total. The Kier molecular flexibility index (Phi) is 26.5. The molecule has 10 rings (SSSR count). The van der Waals surface area contributed by atoms with E-state index in [1.54, 1.807) is 6.07 Å². The Bertz CT molecular complexity index is 2730. The van der Waals surface area contributed by atoms with E-state index in [0.29, 0.717) is 54.1 Å². The standard InChI is InChI=1S/C33H46F5NO4S.C26H35F5O3S.C7H13NO2.HI/c1-31-14-12-26-25-9-8-24(43-29(41)21-39-15-3-2-4-16-39)20-23(25)19-22(30(26)27(31)10-11-28(31)40)7-5-17-44(42)18-6-13-32(34,35)33(36,37)38;1-24-11-9-20-19-6-5-18(32)15-17(19)14-16(23(20)21(24)7-8-22(24)33)4-2-12-35(34)13-3-10-25(27,28)26(29,30)31;9-7(10)6-8-4-2-1-3-5-8;/h8-9,20,22,26-28,30,40H,2-7,10-19,21H2,1H3;5-6,15-16,20-23,32-33H,2-4,7-14H2,1H3;1-6H2,(H,9,10);1H/t22-,26-,27+,28+,30-,31+,44?;16-,20-,21+,22+,23-,24+,35?;;/m11../s1. The highest BCUT2D eigenvalue weighted by Gasteiger charge is 2.60. The smallest absolute Gasteiger partial charge is 0.453 e. The number of aromatic hydroxyl groups is 1. The number of aliphatic hydroxyl groups is 2. The predicted molar refractivity (Wildman–Crippen MR) is 338 cm³/mol. The van der Waals surface area contributed by atoms with Crippen LogP contribution in [0.25, 0.3) is 0 Å². The molecule has 6 aliphatic carbocycles. The molecule has 2 aromatic rings. The van der Waals surface area contributed by atoms with E-state index in [4.69, 9.17) is 9.84 Å². The number of halogens is 11. The molecule has 4 saturated carbocycles. The van der Waals surface area contributed by atoms with Gasteiger partial charge in [0.1, 0.15) is 11.5 Å². The van der Waals surface area contributed by atoms with Gasteiger partial charge in [0.2, 0.25) is 0 Å². The summed E-state index contributed by atoms with van der Waals surface area (Å²) in [6, 6.07) is 11.6. The topological polar surface area (TPSA) is 165 Å². The van der Waals surface area contributed by atoms with Crippen LogP contribution in [0.2, 0.25) is 0 Å². The molecule has 6 fully saturated rings. The van der Waals surface area contributed by atoms with E-state index in [-0.39, 0.29) is 107 Å². The number of alkyl halides is 10. The average molecular weight is 1440 g/mol. The van der Waals surface area contributed by atoms with E-state index in [0.717, 1.165) is 140 Å². The summed E-state index contributed by atoms with van der Waals surface area (Å²) in [5.74, 6) is -6.86. The highest BCUT2D eigenvalue weighted by molar-refractivity contribution is 14.0. The number of aliphatic carboxylic acids is 1. The number of phenols is 1. The maximum absolute atomic E-state index is 13.3. The van der Waals surface area contributed by atoms with Crippen LogP contribution in [0.4, 0.5) is 43.9 Å². The van der Waals surface area contributed by atoms with E-state index in [1.165, 1.54) is 24.0 Å². The maximum Gasteiger partial charge on any atom is 0.453 e. The van der Waals surface area contributed by atoms with Crippen molar-refractivity contribution in [2.24, 2.45) is 46.3 Å². The number of piperidine rings is 2. The Morgan fingerprint density at radius 1 is 0.578 bits per heavy atom. The molecule has 24 heteroatoms. The van der Waals surface area contributed by atoms with Gasteiger partial charge in [-0.3, -0.25) is 27.8 Å². The van der Waals surface area contributed by atoms with Crippen molar-refractivity contribution in [1.29, 1.82) is 0 Å². The number of aliphatic hydroxyl groups excluding tert-OH is 2. The fourth-order valence-corrected chi connectivity index (χ4v) is 19.6. The van der Waals surface area contributed by atoms with Crippen LogP contribution in [0, 0.1) is 46.3 Å². The second-order valence-electron chi connectivity index (χ2n) is 27.7. The lowest BCUT2D eigenvalue weighted by atomic mass is 9.52. The van der Waals surface area contributed by atoms with Gasteiger partial charge in [0.15, 0.2) is 0 Å². The van der Waals surface area contributed by atoms with Gasteiger partial charge in [-0.2, -0.15) is 43.9 Å². The third-order valence-electron chi connectivity index (χ3n) is 21.9. The molecule has 2 saturated heterocycles. The molecule has 2 aromatic carbocycles. The van der Waals surface area contributed by atoms with Gasteiger partial charge in [-0.25, -0.2) is 0 Å². The van der Waals surface area contributed by atoms with Crippen molar-refractivity contribution in [3.63, 3.8) is 0 Å². The van der Waals surface area contributed by atoms with Gasteiger partial charge in [0.05, 0.1) is 25.3 Å². The number of hydrogen-bond donors (Lipinski definition) is 4. The van der Waals surface area contributed by atoms with Gasteiger partial charge in [0, 0.05) is 57.5 Å². The minimum absolute atomic E-state index is 0. The van der Waals surface area contributed by atoms with E-state index in [1.807, 2.05) is 29.2 Å². The lowest BCUT2D eigenvalue weighted by Gasteiger charge is -2.53. The summed E-state index contributed by atoms with van der Waals surface area (Å²) in [4.78, 5) is 27.1. The molecule has 0 amide bonds. The molecule has 0 spiro atoms. The maximum atomic E-state index is 13.3. The number of likely N-dealkylation sites (tertiary alicyclic amines) is 2. The number of nitrogens with zero attached hydrogens (tertiary/aromatic N) is 2. The average Bonchev–Trinajstić information content (AvgIpc) is 1.40. The molecule has 512 valence electrons. The van der Waals surface area contributed by atoms with Gasteiger partial charge in [0.25, 0.3) is 0 Å². The lowest BCUT2D eigenvalue weighted by Crippen LogP contribution is -2.47. The first-order valence-electron chi connectivity index (χ1n) is 32.7. The molecule has 2 heterocycles. The molecule has 11 nitrogen and oxygen atoms in total. The van der Waals surface area contributed by atoms with Crippen molar-refractivity contribution < 1.29 is 87.1 Å². The summed E-state index contributed by atoms with van der Waals surface area (Å²) in [5, 5.41) is 40.1. The summed E-state index contributed by atoms with van der Waals surface area (Å²) < 4.78 is 158. The third kappa shape index (κ3) is 18.5. The molecular weight excluding hydrogens is 1350 g/mol. The van der Waals surface area contributed by atoms with Gasteiger partial charge >= 0.3 is 36.1 Å². The zero-order valence-corrected chi connectivity index (χ0v) is 56.0. The van der Waals surface area contributed by atoms with Crippen LogP contribution in [0.1, 0.15) is 189 Å². The first-order valence-corrected chi connectivity index (χ1v) is 35.7. The molecule has 0 aromatic heterocycles. The number of rotatable bonds is 21. The molecule has 2 aliphatic heterocycles. The van der Waals surface area contributed by atoms with Crippen molar-refractivity contribution in [2.75, 3.05) is 62.3 Å². The summed E-state index contributed by atoms with van der Waals surface area (Å²) in [5.41, 5.74) is 4.58. The number of phenolic OH excluding ortho intramolecular Hbond substituents is 1. The summed E-state index contributed by atoms with van der Waals surface area (Å²) in [6.07, 6.45) is 3.20. The van der Waals surface area contributed by atoms with E-state index < -0.39 is 77.4 Å². The monoisotopic (exact) mass is 1440 g/mol. The Labute approximate surface area is 546 Å². The van der Waals surface area contributed by atoms with Gasteiger partial charge in [-0.05, 0) is 259 Å². The van der Waals surface area contributed by atoms with Gasteiger partial charge in [-0.1, -0.05) is 38.8 Å². The molecule has 8 aliphatic rings. The van der Waals surface area contributed by atoms with Crippen LogP contribution in [0.15, 0.2) is 36.4 Å². The van der Waals surface area contributed by atoms with E-state index in [2.05, 4.69) is 24.8 Å². The Balaban J connectivity index is 0.000000223. The lowest BCUT2D eigenvalue weighted by molar-refractivity contribution is -0.284. The zero-order chi connectivity index (χ0) is 64.7. The van der Waals surface area contributed by atoms with Crippen molar-refractivity contribution in [1.82, 2.24) is 9.80 Å². The predicted octanol–water partition coefficient (Wildman–Crippen LogP) is 14.5. The third-order valence-corrected chi connectivity index (χ3v) is 24.9. The number of ether oxygens (including phenoxy) is 1. The number of hydrogen-bond acceptors (Lipinski definition) is 10. The fourth-order valence-electron chi connectivity index (χ4n) is 17.3. The quantitative estimate of drug-likeness (QED) is 0.0407. The van der Waals surface area contributed by atoms with Crippen LogP contribution < -0.4 is 4.74 Å². The Morgan fingerprint density at radius 3 is 1.42 bits per heavy atom. The highest BCUT2D eigenvalue weighted by Crippen LogP contribution is 2.64.